The first-order valence-electron chi connectivity index (χ1n) is 6.59. The first-order valence-corrected chi connectivity index (χ1v) is 6.59. The van der Waals surface area contributed by atoms with E-state index in [1.165, 1.54) is 0 Å². The molecule has 0 saturated heterocycles. The Morgan fingerprint density at radius 3 is 3.05 bits per heavy atom. The minimum Gasteiger partial charge on any atom is -0.482 e. The highest BCUT2D eigenvalue weighted by molar-refractivity contribution is 5.97. The summed E-state index contributed by atoms with van der Waals surface area (Å²) < 4.78 is 10.4. The summed E-state index contributed by atoms with van der Waals surface area (Å²) in [6.45, 7) is 0.0157. The van der Waals surface area contributed by atoms with Crippen LogP contribution in [-0.2, 0) is 16.0 Å². The maximum atomic E-state index is 11.9. The topological polar surface area (TPSA) is 80.6 Å². The summed E-state index contributed by atoms with van der Waals surface area (Å²) in [6, 6.07) is 8.76. The normalized spacial score (nSPS) is 13.0. The summed E-state index contributed by atoms with van der Waals surface area (Å²) in [6.07, 6.45) is 2.45. The Balaban J connectivity index is 1.61. The van der Waals surface area contributed by atoms with E-state index >= 15 is 0 Å². The molecule has 0 atom stereocenters. The molecule has 2 heterocycles. The second-order valence-electron chi connectivity index (χ2n) is 4.68. The first-order chi connectivity index (χ1) is 10.2. The lowest BCUT2D eigenvalue weighted by molar-refractivity contribution is -0.118. The third kappa shape index (κ3) is 3.22. The van der Waals surface area contributed by atoms with Crippen LogP contribution in [0.15, 0.2) is 41.0 Å². The van der Waals surface area contributed by atoms with E-state index in [0.29, 0.717) is 30.0 Å². The molecule has 1 aromatic heterocycles. The zero-order valence-electron chi connectivity index (χ0n) is 11.2. The summed E-state index contributed by atoms with van der Waals surface area (Å²) in [5.74, 6) is 1.05. The number of amides is 2. The molecule has 0 fully saturated rings. The average molecular weight is 286 g/mol. The summed E-state index contributed by atoms with van der Waals surface area (Å²) in [5.41, 5.74) is 1.18. The van der Waals surface area contributed by atoms with Crippen molar-refractivity contribution >= 4 is 23.2 Å². The third-order valence-electron chi connectivity index (χ3n) is 3.07. The number of aryl methyl sites for hydroxylation is 1. The van der Waals surface area contributed by atoms with E-state index in [1.807, 2.05) is 6.07 Å². The van der Waals surface area contributed by atoms with Crippen LogP contribution in [0.25, 0.3) is 0 Å². The Morgan fingerprint density at radius 2 is 2.24 bits per heavy atom. The number of carbonyl (C=O) groups excluding carboxylic acids is 2. The fourth-order valence-corrected chi connectivity index (χ4v) is 2.08. The highest BCUT2D eigenvalue weighted by Gasteiger charge is 2.16. The van der Waals surface area contributed by atoms with Gasteiger partial charge >= 0.3 is 0 Å². The van der Waals surface area contributed by atoms with E-state index in [-0.39, 0.29) is 18.4 Å². The molecular weight excluding hydrogens is 272 g/mol. The van der Waals surface area contributed by atoms with Crippen LogP contribution < -0.4 is 15.4 Å². The minimum absolute atomic E-state index is 0.0157. The number of furan rings is 1. The van der Waals surface area contributed by atoms with Gasteiger partial charge in [-0.25, -0.2) is 0 Å². The van der Waals surface area contributed by atoms with Gasteiger partial charge in [0.15, 0.2) is 6.61 Å². The van der Waals surface area contributed by atoms with E-state index in [4.69, 9.17) is 9.15 Å². The van der Waals surface area contributed by atoms with E-state index in [0.717, 1.165) is 5.76 Å². The van der Waals surface area contributed by atoms with E-state index in [1.54, 1.807) is 30.5 Å². The molecule has 6 heteroatoms. The number of nitrogens with one attached hydrogen (secondary N) is 2. The number of ether oxygens (including phenoxy) is 1. The van der Waals surface area contributed by atoms with Gasteiger partial charge in [-0.15, -0.1) is 0 Å². The molecule has 6 nitrogen and oxygen atoms in total. The SMILES string of the molecule is O=C(CCc1ccco1)Nc1ccc2c(c1)NC(=O)CO2. The average Bonchev–Trinajstić information content (AvgIpc) is 2.98. The summed E-state index contributed by atoms with van der Waals surface area (Å²) >= 11 is 0. The molecule has 0 saturated carbocycles. The second-order valence-corrected chi connectivity index (χ2v) is 4.68. The maximum absolute atomic E-state index is 11.9. The summed E-state index contributed by atoms with van der Waals surface area (Å²) in [7, 11) is 0. The van der Waals surface area contributed by atoms with Crippen LogP contribution >= 0.6 is 0 Å². The molecule has 1 aliphatic rings. The molecular formula is C15H14N2O4. The molecule has 0 aliphatic carbocycles. The number of fused-ring (bicyclic) bond motifs is 1. The van der Waals surface area contributed by atoms with Crippen molar-refractivity contribution in [3.05, 3.63) is 42.4 Å². The van der Waals surface area contributed by atoms with Crippen molar-refractivity contribution in [3.63, 3.8) is 0 Å². The molecule has 0 spiro atoms. The molecule has 0 radical (unpaired) electrons. The highest BCUT2D eigenvalue weighted by Crippen LogP contribution is 2.30. The van der Waals surface area contributed by atoms with E-state index in [9.17, 15) is 9.59 Å². The van der Waals surface area contributed by atoms with Crippen LogP contribution in [0.4, 0.5) is 11.4 Å². The summed E-state index contributed by atoms with van der Waals surface area (Å²) in [4.78, 5) is 23.1. The predicted octanol–water partition coefficient (Wildman–Crippen LogP) is 2.18. The number of benzene rings is 1. The van der Waals surface area contributed by atoms with Crippen molar-refractivity contribution in [2.75, 3.05) is 17.2 Å². The monoisotopic (exact) mass is 286 g/mol. The third-order valence-corrected chi connectivity index (χ3v) is 3.07. The Kier molecular flexibility index (Phi) is 3.59. The number of anilines is 2. The van der Waals surface area contributed by atoms with Gasteiger partial charge in [-0.1, -0.05) is 0 Å². The highest BCUT2D eigenvalue weighted by atomic mass is 16.5. The minimum atomic E-state index is -0.205. The van der Waals surface area contributed by atoms with Crippen LogP contribution in [0.3, 0.4) is 0 Å². The van der Waals surface area contributed by atoms with Crippen LogP contribution in [0.5, 0.6) is 5.75 Å². The van der Waals surface area contributed by atoms with E-state index in [2.05, 4.69) is 10.6 Å². The van der Waals surface area contributed by atoms with Gasteiger partial charge in [-0.2, -0.15) is 0 Å². The molecule has 2 N–H and O–H groups in total. The first kappa shape index (κ1) is 13.2. The van der Waals surface area contributed by atoms with Gasteiger partial charge in [0.1, 0.15) is 11.5 Å². The van der Waals surface area contributed by atoms with Gasteiger partial charge < -0.3 is 19.8 Å². The Labute approximate surface area is 121 Å². The van der Waals surface area contributed by atoms with Gasteiger partial charge in [0.05, 0.1) is 12.0 Å². The Bertz CT molecular complexity index is 664. The zero-order chi connectivity index (χ0) is 14.7. The fourth-order valence-electron chi connectivity index (χ4n) is 2.08. The van der Waals surface area contributed by atoms with Gasteiger partial charge in [0.25, 0.3) is 5.91 Å². The van der Waals surface area contributed by atoms with Crippen LogP contribution in [0.2, 0.25) is 0 Å². The molecule has 2 aromatic rings. The lowest BCUT2D eigenvalue weighted by Crippen LogP contribution is -2.25. The number of hydrogen-bond acceptors (Lipinski definition) is 4. The Morgan fingerprint density at radius 1 is 1.33 bits per heavy atom. The van der Waals surface area contributed by atoms with Crippen LogP contribution in [0, 0.1) is 0 Å². The van der Waals surface area contributed by atoms with Crippen LogP contribution in [-0.4, -0.2) is 18.4 Å². The lowest BCUT2D eigenvalue weighted by Gasteiger charge is -2.18. The van der Waals surface area contributed by atoms with Gasteiger partial charge in [-0.05, 0) is 30.3 Å². The Hall–Kier alpha value is -2.76. The largest absolute Gasteiger partial charge is 0.482 e. The van der Waals surface area contributed by atoms with Gasteiger partial charge in [-0.3, -0.25) is 9.59 Å². The van der Waals surface area contributed by atoms with Gasteiger partial charge in [0, 0.05) is 18.5 Å². The van der Waals surface area contributed by atoms with E-state index < -0.39 is 0 Å². The zero-order valence-corrected chi connectivity index (χ0v) is 11.2. The molecule has 1 aliphatic heterocycles. The summed E-state index contributed by atoms with van der Waals surface area (Å²) in [5, 5.41) is 5.48. The molecule has 108 valence electrons. The van der Waals surface area contributed by atoms with Crippen LogP contribution in [0.1, 0.15) is 12.2 Å². The van der Waals surface area contributed by atoms with Crippen molar-refractivity contribution in [3.8, 4) is 5.75 Å². The van der Waals surface area contributed by atoms with Gasteiger partial charge in [0.2, 0.25) is 5.91 Å². The molecule has 0 bridgehead atoms. The number of rotatable bonds is 4. The maximum Gasteiger partial charge on any atom is 0.262 e. The number of hydrogen-bond donors (Lipinski definition) is 2. The molecule has 0 unspecified atom stereocenters. The van der Waals surface area contributed by atoms with Crippen molar-refractivity contribution in [2.24, 2.45) is 0 Å². The fraction of sp³-hybridized carbons (Fsp3) is 0.200. The molecule has 21 heavy (non-hydrogen) atoms. The standard InChI is InChI=1S/C15H14N2O4/c18-14(6-4-11-2-1-7-20-11)16-10-3-5-13-12(8-10)17-15(19)9-21-13/h1-3,5,7-8H,4,6,9H2,(H,16,18)(H,17,19). The molecule has 2 amide bonds. The molecule has 3 rings (SSSR count). The quantitative estimate of drug-likeness (QED) is 0.902. The van der Waals surface area contributed by atoms with Crippen molar-refractivity contribution in [2.45, 2.75) is 12.8 Å². The lowest BCUT2D eigenvalue weighted by atomic mass is 10.2. The molecule has 1 aromatic carbocycles. The smallest absolute Gasteiger partial charge is 0.262 e. The van der Waals surface area contributed by atoms with Crippen molar-refractivity contribution in [1.29, 1.82) is 0 Å². The van der Waals surface area contributed by atoms with Crippen molar-refractivity contribution < 1.29 is 18.7 Å². The number of carbonyl (C=O) groups is 2. The van der Waals surface area contributed by atoms with Crippen molar-refractivity contribution in [1.82, 2.24) is 0 Å². The second kappa shape index (κ2) is 5.70. The predicted molar refractivity (Wildman–Crippen MR) is 76.2 cm³/mol.